The number of amides is 1. The minimum absolute atomic E-state index is 0.0963. The Kier molecular flexibility index (Phi) is 4.67. The minimum atomic E-state index is -0.542. The Labute approximate surface area is 125 Å². The lowest BCUT2D eigenvalue weighted by atomic mass is 10.2. The largest absolute Gasteiger partial charge is 0.494 e. The minimum Gasteiger partial charge on any atom is -0.494 e. The van der Waals surface area contributed by atoms with Gasteiger partial charge < -0.3 is 14.8 Å². The van der Waals surface area contributed by atoms with Crippen LogP contribution in [0.4, 0.5) is 10.1 Å². The second-order valence-corrected chi connectivity index (χ2v) is 4.22. The van der Waals surface area contributed by atoms with E-state index >= 15 is 0 Å². The molecular formula is C15H13FN2O4. The molecule has 0 bridgehead atoms. The summed E-state index contributed by atoms with van der Waals surface area (Å²) in [5, 5.41) is 2.56. The summed E-state index contributed by atoms with van der Waals surface area (Å²) in [4.78, 5) is 27.3. The van der Waals surface area contributed by atoms with E-state index in [1.807, 2.05) is 0 Å². The van der Waals surface area contributed by atoms with E-state index in [4.69, 9.17) is 4.74 Å². The van der Waals surface area contributed by atoms with Gasteiger partial charge in [-0.3, -0.25) is 9.78 Å². The molecule has 2 aromatic rings. The Morgan fingerprint density at radius 2 is 1.95 bits per heavy atom. The van der Waals surface area contributed by atoms with Gasteiger partial charge in [0.05, 0.1) is 25.5 Å². The molecule has 7 heteroatoms. The van der Waals surface area contributed by atoms with E-state index in [-0.39, 0.29) is 17.0 Å². The Morgan fingerprint density at radius 1 is 1.18 bits per heavy atom. The van der Waals surface area contributed by atoms with Crippen molar-refractivity contribution < 1.29 is 23.5 Å². The molecule has 0 spiro atoms. The third kappa shape index (κ3) is 3.38. The fourth-order valence-electron chi connectivity index (χ4n) is 1.72. The number of rotatable bonds is 4. The van der Waals surface area contributed by atoms with Crippen LogP contribution < -0.4 is 10.1 Å². The molecule has 0 unspecified atom stereocenters. The van der Waals surface area contributed by atoms with E-state index in [2.05, 4.69) is 15.0 Å². The van der Waals surface area contributed by atoms with Crippen LogP contribution >= 0.6 is 0 Å². The SMILES string of the molecule is COC(=O)c1ccc(C(=O)Nc2ccc(F)cc2OC)nc1. The molecule has 0 aliphatic rings. The number of methoxy groups -OCH3 is 2. The number of ether oxygens (including phenoxy) is 2. The maximum Gasteiger partial charge on any atom is 0.339 e. The highest BCUT2D eigenvalue weighted by atomic mass is 19.1. The molecular weight excluding hydrogens is 291 g/mol. The van der Waals surface area contributed by atoms with Crippen molar-refractivity contribution in [3.05, 3.63) is 53.6 Å². The first-order chi connectivity index (χ1) is 10.5. The van der Waals surface area contributed by atoms with Crippen LogP contribution in [0.2, 0.25) is 0 Å². The Bertz CT molecular complexity index is 701. The molecule has 6 nitrogen and oxygen atoms in total. The predicted molar refractivity (Wildman–Crippen MR) is 76.5 cm³/mol. The highest BCUT2D eigenvalue weighted by molar-refractivity contribution is 6.04. The summed E-state index contributed by atoms with van der Waals surface area (Å²) in [6, 6.07) is 6.55. The van der Waals surface area contributed by atoms with Gasteiger partial charge in [0.15, 0.2) is 0 Å². The number of nitrogens with zero attached hydrogens (tertiary/aromatic N) is 1. The number of benzene rings is 1. The molecule has 0 atom stereocenters. The lowest BCUT2D eigenvalue weighted by Crippen LogP contribution is -2.15. The standard InChI is InChI=1S/C15H13FN2O4/c1-21-13-7-10(16)4-6-11(13)18-14(19)12-5-3-9(8-17-12)15(20)22-2/h3-8H,1-2H3,(H,18,19). The van der Waals surface area contributed by atoms with E-state index in [1.165, 1.54) is 44.7 Å². The number of esters is 1. The third-order valence-corrected chi connectivity index (χ3v) is 2.83. The van der Waals surface area contributed by atoms with Crippen LogP contribution in [0, 0.1) is 5.82 Å². The molecule has 0 aliphatic carbocycles. The van der Waals surface area contributed by atoms with Gasteiger partial charge in [0, 0.05) is 12.3 Å². The topological polar surface area (TPSA) is 77.5 Å². The zero-order valence-electron chi connectivity index (χ0n) is 11.9. The van der Waals surface area contributed by atoms with Crippen LogP contribution in [0.3, 0.4) is 0 Å². The van der Waals surface area contributed by atoms with Crippen molar-refractivity contribution >= 4 is 17.6 Å². The summed E-state index contributed by atoms with van der Waals surface area (Å²) in [7, 11) is 2.62. The van der Waals surface area contributed by atoms with Crippen LogP contribution in [-0.4, -0.2) is 31.1 Å². The third-order valence-electron chi connectivity index (χ3n) is 2.83. The van der Waals surface area contributed by atoms with Crippen LogP contribution in [-0.2, 0) is 4.74 Å². The second kappa shape index (κ2) is 6.66. The molecule has 0 saturated heterocycles. The summed E-state index contributed by atoms with van der Waals surface area (Å²) < 4.78 is 22.6. The zero-order chi connectivity index (χ0) is 16.1. The van der Waals surface area contributed by atoms with Crippen LogP contribution in [0.1, 0.15) is 20.8 Å². The number of pyridine rings is 1. The van der Waals surface area contributed by atoms with Gasteiger partial charge >= 0.3 is 5.97 Å². The van der Waals surface area contributed by atoms with Crippen molar-refractivity contribution in [3.8, 4) is 5.75 Å². The fourth-order valence-corrected chi connectivity index (χ4v) is 1.72. The summed E-state index contributed by atoms with van der Waals surface area (Å²) in [5.74, 6) is -1.34. The summed E-state index contributed by atoms with van der Waals surface area (Å²) in [6.45, 7) is 0. The van der Waals surface area contributed by atoms with Crippen molar-refractivity contribution in [1.29, 1.82) is 0 Å². The van der Waals surface area contributed by atoms with Crippen LogP contribution in [0.25, 0.3) is 0 Å². The number of halogens is 1. The lowest BCUT2D eigenvalue weighted by Gasteiger charge is -2.10. The molecule has 0 saturated carbocycles. The van der Waals surface area contributed by atoms with E-state index < -0.39 is 17.7 Å². The number of anilines is 1. The summed E-state index contributed by atoms with van der Waals surface area (Å²) in [6.07, 6.45) is 1.24. The quantitative estimate of drug-likeness (QED) is 0.877. The van der Waals surface area contributed by atoms with Gasteiger partial charge in [-0.05, 0) is 24.3 Å². The van der Waals surface area contributed by atoms with Crippen molar-refractivity contribution in [2.75, 3.05) is 19.5 Å². The second-order valence-electron chi connectivity index (χ2n) is 4.22. The van der Waals surface area contributed by atoms with E-state index in [1.54, 1.807) is 0 Å². The van der Waals surface area contributed by atoms with Gasteiger partial charge in [-0.2, -0.15) is 0 Å². The Hall–Kier alpha value is -2.96. The Balaban J connectivity index is 2.17. The first-order valence-corrected chi connectivity index (χ1v) is 6.24. The Morgan fingerprint density at radius 3 is 2.55 bits per heavy atom. The predicted octanol–water partition coefficient (Wildman–Crippen LogP) is 2.27. The highest BCUT2D eigenvalue weighted by Gasteiger charge is 2.13. The number of carbonyl (C=O) groups is 2. The molecule has 1 heterocycles. The molecule has 1 aromatic carbocycles. The highest BCUT2D eigenvalue weighted by Crippen LogP contribution is 2.25. The van der Waals surface area contributed by atoms with E-state index in [9.17, 15) is 14.0 Å². The lowest BCUT2D eigenvalue weighted by molar-refractivity contribution is 0.0600. The van der Waals surface area contributed by atoms with Gasteiger partial charge in [0.2, 0.25) is 0 Å². The van der Waals surface area contributed by atoms with Crippen molar-refractivity contribution in [3.63, 3.8) is 0 Å². The van der Waals surface area contributed by atoms with Crippen LogP contribution in [0.15, 0.2) is 36.5 Å². The van der Waals surface area contributed by atoms with Gasteiger partial charge in [0.1, 0.15) is 17.3 Å². The molecule has 0 fully saturated rings. The summed E-state index contributed by atoms with van der Waals surface area (Å²) in [5.41, 5.74) is 0.644. The normalized spacial score (nSPS) is 9.95. The monoisotopic (exact) mass is 304 g/mol. The van der Waals surface area contributed by atoms with Gasteiger partial charge in [-0.1, -0.05) is 0 Å². The van der Waals surface area contributed by atoms with E-state index in [0.29, 0.717) is 5.69 Å². The number of nitrogens with one attached hydrogen (secondary N) is 1. The number of hydrogen-bond donors (Lipinski definition) is 1. The molecule has 1 aromatic heterocycles. The smallest absolute Gasteiger partial charge is 0.339 e. The zero-order valence-corrected chi connectivity index (χ0v) is 11.9. The first kappa shape index (κ1) is 15.4. The van der Waals surface area contributed by atoms with Crippen molar-refractivity contribution in [2.24, 2.45) is 0 Å². The van der Waals surface area contributed by atoms with E-state index in [0.717, 1.165) is 6.07 Å². The van der Waals surface area contributed by atoms with Gasteiger partial charge in [-0.25, -0.2) is 9.18 Å². The maximum atomic E-state index is 13.1. The summed E-state index contributed by atoms with van der Waals surface area (Å²) >= 11 is 0. The van der Waals surface area contributed by atoms with Crippen molar-refractivity contribution in [2.45, 2.75) is 0 Å². The van der Waals surface area contributed by atoms with Crippen molar-refractivity contribution in [1.82, 2.24) is 4.98 Å². The van der Waals surface area contributed by atoms with Gasteiger partial charge in [0.25, 0.3) is 5.91 Å². The van der Waals surface area contributed by atoms with Gasteiger partial charge in [-0.15, -0.1) is 0 Å². The number of hydrogen-bond acceptors (Lipinski definition) is 5. The first-order valence-electron chi connectivity index (χ1n) is 6.24. The fraction of sp³-hybridized carbons (Fsp3) is 0.133. The molecule has 0 aliphatic heterocycles. The number of aromatic nitrogens is 1. The molecule has 114 valence electrons. The van der Waals surface area contributed by atoms with Crippen LogP contribution in [0.5, 0.6) is 5.75 Å². The number of carbonyl (C=O) groups excluding carboxylic acids is 2. The average molecular weight is 304 g/mol. The molecule has 1 amide bonds. The molecule has 1 N–H and O–H groups in total. The molecule has 2 rings (SSSR count). The molecule has 22 heavy (non-hydrogen) atoms. The maximum absolute atomic E-state index is 13.1. The molecule has 0 radical (unpaired) electrons. The average Bonchev–Trinajstić information content (AvgIpc) is 2.55.